The van der Waals surface area contributed by atoms with Gasteiger partial charge in [-0.15, -0.1) is 0 Å². The van der Waals surface area contributed by atoms with Gasteiger partial charge in [0.2, 0.25) is 0 Å². The molecular formula is C22H20N4O5. The molecule has 4 aromatic rings. The summed E-state index contributed by atoms with van der Waals surface area (Å²) in [6, 6.07) is 16.9. The first kappa shape index (κ1) is 19.6. The van der Waals surface area contributed by atoms with Gasteiger partial charge in [0.05, 0.1) is 12.9 Å². The van der Waals surface area contributed by atoms with Crippen LogP contribution < -0.4 is 4.74 Å². The van der Waals surface area contributed by atoms with Crippen LogP contribution in [0.5, 0.6) is 11.5 Å². The van der Waals surface area contributed by atoms with Crippen molar-refractivity contribution >= 4 is 11.2 Å². The van der Waals surface area contributed by atoms with Crippen molar-refractivity contribution in [2.75, 3.05) is 6.61 Å². The maximum Gasteiger partial charge on any atom is 0.166 e. The van der Waals surface area contributed by atoms with Crippen molar-refractivity contribution in [3.8, 4) is 22.8 Å². The van der Waals surface area contributed by atoms with E-state index in [-0.39, 0.29) is 0 Å². The largest absolute Gasteiger partial charge is 0.457 e. The van der Waals surface area contributed by atoms with Crippen LogP contribution in [0.15, 0.2) is 67.3 Å². The van der Waals surface area contributed by atoms with E-state index in [0.29, 0.717) is 28.4 Å². The number of imidazole rings is 1. The summed E-state index contributed by atoms with van der Waals surface area (Å²) in [5, 5.41) is 29.8. The smallest absolute Gasteiger partial charge is 0.166 e. The molecule has 31 heavy (non-hydrogen) atoms. The Morgan fingerprint density at radius 1 is 0.935 bits per heavy atom. The molecular weight excluding hydrogens is 400 g/mol. The highest BCUT2D eigenvalue weighted by atomic mass is 16.6. The van der Waals surface area contributed by atoms with Crippen molar-refractivity contribution in [3.63, 3.8) is 0 Å². The van der Waals surface area contributed by atoms with Crippen LogP contribution in [0.4, 0.5) is 0 Å². The number of para-hydroxylation sites is 2. The van der Waals surface area contributed by atoms with Gasteiger partial charge in [-0.25, -0.2) is 15.0 Å². The van der Waals surface area contributed by atoms with Gasteiger partial charge in [-0.2, -0.15) is 0 Å². The molecule has 0 spiro atoms. The molecule has 3 heterocycles. The van der Waals surface area contributed by atoms with E-state index >= 15 is 0 Å². The minimum absolute atomic E-state index is 0.411. The number of fused-ring (bicyclic) bond motifs is 1. The van der Waals surface area contributed by atoms with Gasteiger partial charge < -0.3 is 24.8 Å². The normalized spacial score (nSPS) is 23.3. The quantitative estimate of drug-likeness (QED) is 0.447. The molecule has 0 unspecified atom stereocenters. The highest BCUT2D eigenvalue weighted by Gasteiger charge is 2.44. The van der Waals surface area contributed by atoms with Gasteiger partial charge in [0.25, 0.3) is 0 Å². The van der Waals surface area contributed by atoms with Crippen LogP contribution in [0.1, 0.15) is 6.23 Å². The number of hydrogen-bond acceptors (Lipinski definition) is 8. The molecule has 0 bridgehead atoms. The monoisotopic (exact) mass is 420 g/mol. The van der Waals surface area contributed by atoms with Crippen molar-refractivity contribution in [3.05, 3.63) is 67.3 Å². The lowest BCUT2D eigenvalue weighted by Crippen LogP contribution is -2.33. The molecule has 1 aliphatic heterocycles. The summed E-state index contributed by atoms with van der Waals surface area (Å²) in [7, 11) is 0. The van der Waals surface area contributed by atoms with Crippen molar-refractivity contribution in [2.24, 2.45) is 0 Å². The zero-order valence-electron chi connectivity index (χ0n) is 16.3. The number of hydrogen-bond donors (Lipinski definition) is 3. The maximum absolute atomic E-state index is 10.4. The number of aromatic nitrogens is 4. The SMILES string of the molecule is OC[C@H]1O[C@@H](n2cnc3c(-c4ccccc4Oc4ccccc4)ncnc32)[C@H](O)[C@@H]1O. The maximum atomic E-state index is 10.4. The van der Waals surface area contributed by atoms with Gasteiger partial charge in [-0.05, 0) is 24.3 Å². The van der Waals surface area contributed by atoms with Crippen LogP contribution in [0.3, 0.4) is 0 Å². The summed E-state index contributed by atoms with van der Waals surface area (Å²) in [6.45, 7) is -0.411. The molecule has 9 nitrogen and oxygen atoms in total. The van der Waals surface area contributed by atoms with Gasteiger partial charge in [0.1, 0.15) is 47.3 Å². The molecule has 1 aliphatic rings. The molecule has 2 aromatic carbocycles. The predicted molar refractivity (Wildman–Crippen MR) is 110 cm³/mol. The molecule has 1 fully saturated rings. The zero-order chi connectivity index (χ0) is 21.4. The van der Waals surface area contributed by atoms with Gasteiger partial charge in [0, 0.05) is 5.56 Å². The molecule has 0 radical (unpaired) electrons. The molecule has 5 rings (SSSR count). The van der Waals surface area contributed by atoms with Crippen molar-refractivity contribution in [2.45, 2.75) is 24.5 Å². The van der Waals surface area contributed by atoms with Gasteiger partial charge in [0.15, 0.2) is 11.9 Å². The summed E-state index contributed by atoms with van der Waals surface area (Å²) in [4.78, 5) is 13.2. The number of benzene rings is 2. The summed E-state index contributed by atoms with van der Waals surface area (Å²) >= 11 is 0. The third-order valence-electron chi connectivity index (χ3n) is 5.26. The lowest BCUT2D eigenvalue weighted by molar-refractivity contribution is -0.0511. The molecule has 1 saturated heterocycles. The first-order chi connectivity index (χ1) is 15.2. The second-order valence-electron chi connectivity index (χ2n) is 7.19. The fourth-order valence-electron chi connectivity index (χ4n) is 3.71. The summed E-state index contributed by atoms with van der Waals surface area (Å²) in [6.07, 6.45) is -1.40. The number of aliphatic hydroxyl groups is 3. The van der Waals surface area contributed by atoms with E-state index in [2.05, 4.69) is 15.0 Å². The number of nitrogens with zero attached hydrogens (tertiary/aromatic N) is 4. The first-order valence-electron chi connectivity index (χ1n) is 9.79. The Bertz CT molecular complexity index is 1200. The molecule has 158 valence electrons. The van der Waals surface area contributed by atoms with E-state index in [1.165, 1.54) is 17.2 Å². The Hall–Kier alpha value is -3.37. The van der Waals surface area contributed by atoms with Crippen LogP contribution in [0.25, 0.3) is 22.4 Å². The average Bonchev–Trinajstić information content (AvgIpc) is 3.36. The molecule has 2 aromatic heterocycles. The van der Waals surface area contributed by atoms with Crippen molar-refractivity contribution < 1.29 is 24.8 Å². The van der Waals surface area contributed by atoms with E-state index in [9.17, 15) is 15.3 Å². The molecule has 9 heteroatoms. The van der Waals surface area contributed by atoms with E-state index in [1.807, 2.05) is 54.6 Å². The zero-order valence-corrected chi connectivity index (χ0v) is 16.3. The average molecular weight is 420 g/mol. The van der Waals surface area contributed by atoms with Crippen molar-refractivity contribution in [1.29, 1.82) is 0 Å². The van der Waals surface area contributed by atoms with E-state index in [4.69, 9.17) is 9.47 Å². The Morgan fingerprint density at radius 2 is 1.71 bits per heavy atom. The van der Waals surface area contributed by atoms with E-state index in [1.54, 1.807) is 0 Å². The van der Waals surface area contributed by atoms with Crippen LogP contribution in [0.2, 0.25) is 0 Å². The fourth-order valence-corrected chi connectivity index (χ4v) is 3.71. The molecule has 3 N–H and O–H groups in total. The van der Waals surface area contributed by atoms with E-state index in [0.717, 1.165) is 5.56 Å². The topological polar surface area (TPSA) is 123 Å². The first-order valence-corrected chi connectivity index (χ1v) is 9.79. The Kier molecular flexibility index (Phi) is 5.08. The fraction of sp³-hybridized carbons (Fsp3) is 0.227. The minimum atomic E-state index is -1.23. The highest BCUT2D eigenvalue weighted by molar-refractivity contribution is 5.89. The number of aliphatic hydroxyl groups excluding tert-OH is 3. The lowest BCUT2D eigenvalue weighted by Gasteiger charge is -2.16. The minimum Gasteiger partial charge on any atom is -0.457 e. The number of ether oxygens (including phenoxy) is 2. The summed E-state index contributed by atoms with van der Waals surface area (Å²) < 4.78 is 13.2. The van der Waals surface area contributed by atoms with Gasteiger partial charge in [-0.3, -0.25) is 4.57 Å². The second kappa shape index (κ2) is 8.05. The summed E-state index contributed by atoms with van der Waals surface area (Å²) in [5.74, 6) is 1.30. The molecule has 0 saturated carbocycles. The standard InChI is InChI=1S/C22H20N4O5/c27-10-16-19(28)20(29)22(31-16)26-12-25-18-17(23-11-24-21(18)26)14-8-4-5-9-15(14)30-13-6-2-1-3-7-13/h1-9,11-12,16,19-20,22,27-29H,10H2/t16-,19-,20-,22-/m1/s1. The molecule has 4 atom stereocenters. The summed E-state index contributed by atoms with van der Waals surface area (Å²) in [5.41, 5.74) is 2.20. The third-order valence-corrected chi connectivity index (χ3v) is 5.26. The second-order valence-corrected chi connectivity index (χ2v) is 7.19. The van der Waals surface area contributed by atoms with Crippen LogP contribution in [-0.4, -0.2) is 59.8 Å². The molecule has 0 amide bonds. The third kappa shape index (κ3) is 3.43. The lowest BCUT2D eigenvalue weighted by atomic mass is 10.1. The van der Waals surface area contributed by atoms with Gasteiger partial charge in [-0.1, -0.05) is 30.3 Å². The molecule has 0 aliphatic carbocycles. The van der Waals surface area contributed by atoms with Crippen LogP contribution in [0, 0.1) is 0 Å². The Labute approximate surface area is 177 Å². The van der Waals surface area contributed by atoms with Gasteiger partial charge >= 0.3 is 0 Å². The highest BCUT2D eigenvalue weighted by Crippen LogP contribution is 2.36. The van der Waals surface area contributed by atoms with Crippen molar-refractivity contribution in [1.82, 2.24) is 19.5 Å². The number of rotatable bonds is 5. The van der Waals surface area contributed by atoms with Crippen LogP contribution >= 0.6 is 0 Å². The van der Waals surface area contributed by atoms with Crippen LogP contribution in [-0.2, 0) is 4.74 Å². The van der Waals surface area contributed by atoms with E-state index < -0.39 is 31.1 Å². The Morgan fingerprint density at radius 3 is 2.48 bits per heavy atom. The predicted octanol–water partition coefficient (Wildman–Crippen LogP) is 1.90. The Balaban J connectivity index is 1.56.